The second-order valence-electron chi connectivity index (χ2n) is 1.51. The smallest absolute Gasteiger partial charge is 0.196 e. The zero-order valence-corrected chi connectivity index (χ0v) is 5.96. The standard InChI is InChI=1S/C4H5BrN2O2/c5-2-1-6-7-3(2)4(8)9/h1,4,8-9H,(H,6,7). The molecule has 0 aromatic carbocycles. The van der Waals surface area contributed by atoms with Crippen LogP contribution >= 0.6 is 15.9 Å². The van der Waals surface area contributed by atoms with Crippen molar-refractivity contribution < 1.29 is 10.2 Å². The minimum Gasteiger partial charge on any atom is -0.363 e. The quantitative estimate of drug-likeness (QED) is 0.556. The molecule has 0 saturated heterocycles. The highest BCUT2D eigenvalue weighted by atomic mass is 79.9. The third-order valence-corrected chi connectivity index (χ3v) is 1.51. The molecule has 0 amide bonds. The van der Waals surface area contributed by atoms with E-state index in [4.69, 9.17) is 10.2 Å². The molecule has 4 nitrogen and oxygen atoms in total. The van der Waals surface area contributed by atoms with E-state index in [0.29, 0.717) is 4.47 Å². The van der Waals surface area contributed by atoms with Crippen molar-refractivity contribution in [2.75, 3.05) is 0 Å². The number of aliphatic hydroxyl groups is 2. The Bertz CT molecular complexity index is 198. The Kier molecular flexibility index (Phi) is 1.84. The van der Waals surface area contributed by atoms with E-state index in [2.05, 4.69) is 26.1 Å². The minimum absolute atomic E-state index is 0.273. The fourth-order valence-electron chi connectivity index (χ4n) is 0.463. The summed E-state index contributed by atoms with van der Waals surface area (Å²) in [5, 5.41) is 23.1. The maximum absolute atomic E-state index is 8.55. The topological polar surface area (TPSA) is 69.1 Å². The predicted octanol–water partition coefficient (Wildman–Crippen LogP) is 0.155. The van der Waals surface area contributed by atoms with Crippen LogP contribution in [0.2, 0.25) is 0 Å². The van der Waals surface area contributed by atoms with Crippen molar-refractivity contribution in [2.45, 2.75) is 6.29 Å². The summed E-state index contributed by atoms with van der Waals surface area (Å²) in [6.07, 6.45) is -0.0312. The second-order valence-corrected chi connectivity index (χ2v) is 2.36. The first-order chi connectivity index (χ1) is 4.22. The Morgan fingerprint density at radius 2 is 2.33 bits per heavy atom. The summed E-state index contributed by atoms with van der Waals surface area (Å²) in [7, 11) is 0. The summed E-state index contributed by atoms with van der Waals surface area (Å²) < 4.78 is 0.567. The number of aliphatic hydroxyl groups excluding tert-OH is 1. The van der Waals surface area contributed by atoms with Crippen LogP contribution in [0.25, 0.3) is 0 Å². The first kappa shape index (κ1) is 6.73. The number of H-pyrrole nitrogens is 1. The van der Waals surface area contributed by atoms with E-state index in [1.54, 1.807) is 0 Å². The Hall–Kier alpha value is -0.390. The molecule has 1 aromatic rings. The lowest BCUT2D eigenvalue weighted by Gasteiger charge is -1.97. The third-order valence-electron chi connectivity index (χ3n) is 0.878. The maximum Gasteiger partial charge on any atom is 0.196 e. The summed E-state index contributed by atoms with van der Waals surface area (Å²) in [6, 6.07) is 0. The molecule has 0 spiro atoms. The lowest BCUT2D eigenvalue weighted by Crippen LogP contribution is -1.95. The number of halogens is 1. The third kappa shape index (κ3) is 1.29. The molecule has 50 valence electrons. The lowest BCUT2D eigenvalue weighted by atomic mass is 10.4. The van der Waals surface area contributed by atoms with Gasteiger partial charge in [-0.2, -0.15) is 5.10 Å². The van der Waals surface area contributed by atoms with Crippen molar-refractivity contribution in [2.24, 2.45) is 0 Å². The van der Waals surface area contributed by atoms with E-state index in [-0.39, 0.29) is 5.69 Å². The van der Waals surface area contributed by atoms with Crippen LogP contribution in [0.5, 0.6) is 0 Å². The number of aromatic amines is 1. The van der Waals surface area contributed by atoms with Crippen molar-refractivity contribution in [1.29, 1.82) is 0 Å². The maximum atomic E-state index is 8.55. The van der Waals surface area contributed by atoms with Crippen LogP contribution in [0.3, 0.4) is 0 Å². The average molecular weight is 193 g/mol. The highest BCUT2D eigenvalue weighted by Crippen LogP contribution is 2.17. The van der Waals surface area contributed by atoms with Gasteiger partial charge >= 0.3 is 0 Å². The zero-order valence-electron chi connectivity index (χ0n) is 4.37. The molecule has 0 aliphatic rings. The number of aromatic nitrogens is 2. The Labute approximate surface area is 59.6 Å². The van der Waals surface area contributed by atoms with Gasteiger partial charge in [0.1, 0.15) is 5.69 Å². The molecular formula is C4H5BrN2O2. The monoisotopic (exact) mass is 192 g/mol. The zero-order chi connectivity index (χ0) is 6.85. The molecule has 3 N–H and O–H groups in total. The van der Waals surface area contributed by atoms with Crippen LogP contribution in [0, 0.1) is 0 Å². The van der Waals surface area contributed by atoms with Crippen molar-refractivity contribution in [1.82, 2.24) is 10.2 Å². The van der Waals surface area contributed by atoms with E-state index in [1.165, 1.54) is 6.20 Å². The molecule has 9 heavy (non-hydrogen) atoms. The number of nitrogens with zero attached hydrogens (tertiary/aromatic N) is 1. The minimum atomic E-state index is -1.48. The van der Waals surface area contributed by atoms with Gasteiger partial charge in [0, 0.05) is 0 Å². The summed E-state index contributed by atoms with van der Waals surface area (Å²) in [6.45, 7) is 0. The van der Waals surface area contributed by atoms with Crippen LogP contribution in [-0.2, 0) is 0 Å². The van der Waals surface area contributed by atoms with Crippen molar-refractivity contribution in [3.8, 4) is 0 Å². The molecule has 0 atom stereocenters. The summed E-state index contributed by atoms with van der Waals surface area (Å²) >= 11 is 3.05. The van der Waals surface area contributed by atoms with Gasteiger partial charge in [-0.05, 0) is 15.9 Å². The fraction of sp³-hybridized carbons (Fsp3) is 0.250. The fourth-order valence-corrected chi connectivity index (χ4v) is 0.858. The van der Waals surface area contributed by atoms with E-state index in [9.17, 15) is 0 Å². The van der Waals surface area contributed by atoms with Crippen LogP contribution in [0.4, 0.5) is 0 Å². The molecule has 1 heterocycles. The molecule has 1 rings (SSSR count). The second kappa shape index (κ2) is 2.47. The summed E-state index contributed by atoms with van der Waals surface area (Å²) in [4.78, 5) is 0. The van der Waals surface area contributed by atoms with Gasteiger partial charge in [-0.25, -0.2) is 0 Å². The van der Waals surface area contributed by atoms with Crippen LogP contribution < -0.4 is 0 Å². The van der Waals surface area contributed by atoms with E-state index in [1.807, 2.05) is 0 Å². The molecule has 0 bridgehead atoms. The van der Waals surface area contributed by atoms with Gasteiger partial charge in [0.15, 0.2) is 6.29 Å². The molecule has 0 radical (unpaired) electrons. The van der Waals surface area contributed by atoms with E-state index < -0.39 is 6.29 Å². The molecule has 0 aliphatic heterocycles. The molecule has 0 fully saturated rings. The van der Waals surface area contributed by atoms with Gasteiger partial charge in [-0.15, -0.1) is 0 Å². The van der Waals surface area contributed by atoms with Gasteiger partial charge in [0.2, 0.25) is 0 Å². The van der Waals surface area contributed by atoms with E-state index in [0.717, 1.165) is 0 Å². The Morgan fingerprint density at radius 3 is 2.56 bits per heavy atom. The van der Waals surface area contributed by atoms with Gasteiger partial charge in [0.05, 0.1) is 10.7 Å². The highest BCUT2D eigenvalue weighted by molar-refractivity contribution is 9.10. The highest BCUT2D eigenvalue weighted by Gasteiger charge is 2.07. The first-order valence-corrected chi connectivity index (χ1v) is 3.06. The normalized spacial score (nSPS) is 10.7. The molecule has 1 aromatic heterocycles. The molecular weight excluding hydrogens is 188 g/mol. The van der Waals surface area contributed by atoms with Gasteiger partial charge in [0.25, 0.3) is 0 Å². The van der Waals surface area contributed by atoms with Gasteiger partial charge in [-0.1, -0.05) is 0 Å². The SMILES string of the molecule is OC(O)c1[nH]ncc1Br. The van der Waals surface area contributed by atoms with Crippen molar-refractivity contribution >= 4 is 15.9 Å². The Morgan fingerprint density at radius 1 is 1.67 bits per heavy atom. The number of hydrogen-bond donors (Lipinski definition) is 3. The molecule has 0 unspecified atom stereocenters. The summed E-state index contributed by atoms with van der Waals surface area (Å²) in [5.74, 6) is 0. The van der Waals surface area contributed by atoms with E-state index >= 15 is 0 Å². The van der Waals surface area contributed by atoms with Crippen LogP contribution in [-0.4, -0.2) is 20.4 Å². The first-order valence-electron chi connectivity index (χ1n) is 2.26. The van der Waals surface area contributed by atoms with Crippen LogP contribution in [0.15, 0.2) is 10.7 Å². The average Bonchev–Trinajstić information content (AvgIpc) is 2.13. The molecule has 0 aliphatic carbocycles. The molecule has 5 heteroatoms. The largest absolute Gasteiger partial charge is 0.363 e. The number of nitrogens with one attached hydrogen (secondary N) is 1. The van der Waals surface area contributed by atoms with Gasteiger partial charge < -0.3 is 10.2 Å². The Balaban J connectivity index is 2.94. The summed E-state index contributed by atoms with van der Waals surface area (Å²) in [5.41, 5.74) is 0.273. The predicted molar refractivity (Wildman–Crippen MR) is 33.5 cm³/mol. The van der Waals surface area contributed by atoms with Crippen molar-refractivity contribution in [3.05, 3.63) is 16.4 Å². The van der Waals surface area contributed by atoms with Gasteiger partial charge in [-0.3, -0.25) is 5.10 Å². The number of rotatable bonds is 1. The number of hydrogen-bond acceptors (Lipinski definition) is 3. The van der Waals surface area contributed by atoms with Crippen molar-refractivity contribution in [3.63, 3.8) is 0 Å². The van der Waals surface area contributed by atoms with Crippen LogP contribution in [0.1, 0.15) is 12.0 Å². The molecule has 0 saturated carbocycles. The lowest BCUT2D eigenvalue weighted by molar-refractivity contribution is -0.0463.